The number of sulfonamides is 1. The quantitative estimate of drug-likeness (QED) is 0.554. The van der Waals surface area contributed by atoms with E-state index < -0.39 is 34.1 Å². The summed E-state index contributed by atoms with van der Waals surface area (Å²) in [5.74, 6) is -0.414. The van der Waals surface area contributed by atoms with E-state index in [1.165, 1.54) is 22.5 Å². The number of nitrogens with zero attached hydrogens (tertiary/aromatic N) is 2. The highest BCUT2D eigenvalue weighted by Gasteiger charge is 2.62. The smallest absolute Gasteiger partial charge is 0.374 e. The van der Waals surface area contributed by atoms with Crippen molar-refractivity contribution in [2.24, 2.45) is 5.16 Å². The Labute approximate surface area is 216 Å². The van der Waals surface area contributed by atoms with E-state index in [-0.39, 0.29) is 46.2 Å². The Kier molecular flexibility index (Phi) is 7.06. The molecule has 4 rings (SSSR count). The van der Waals surface area contributed by atoms with Crippen LogP contribution in [0.5, 0.6) is 0 Å². The highest BCUT2D eigenvalue weighted by atomic mass is 35.5. The van der Waals surface area contributed by atoms with Crippen LogP contribution >= 0.6 is 23.2 Å². The van der Waals surface area contributed by atoms with Gasteiger partial charge in [0.15, 0.2) is 0 Å². The lowest BCUT2D eigenvalue weighted by atomic mass is 9.86. The van der Waals surface area contributed by atoms with Crippen LogP contribution in [0.3, 0.4) is 0 Å². The van der Waals surface area contributed by atoms with Gasteiger partial charge in [0.25, 0.3) is 11.5 Å². The van der Waals surface area contributed by atoms with E-state index in [0.29, 0.717) is 16.7 Å². The van der Waals surface area contributed by atoms with Crippen molar-refractivity contribution in [2.45, 2.75) is 38.1 Å². The largest absolute Gasteiger partial charge is 0.435 e. The molecule has 2 aromatic carbocycles. The van der Waals surface area contributed by atoms with Crippen LogP contribution in [0.4, 0.5) is 13.2 Å². The number of aryl methyl sites for hydroxylation is 1. The average molecular weight is 564 g/mol. The predicted molar refractivity (Wildman–Crippen MR) is 130 cm³/mol. The molecule has 0 aliphatic carbocycles. The van der Waals surface area contributed by atoms with Crippen molar-refractivity contribution in [2.75, 3.05) is 18.8 Å². The van der Waals surface area contributed by atoms with Crippen molar-refractivity contribution in [3.8, 4) is 0 Å². The van der Waals surface area contributed by atoms with Gasteiger partial charge in [-0.3, -0.25) is 4.79 Å². The molecule has 2 aromatic rings. The Bertz CT molecular complexity index is 1320. The zero-order valence-electron chi connectivity index (χ0n) is 19.2. The van der Waals surface area contributed by atoms with Crippen molar-refractivity contribution in [3.63, 3.8) is 0 Å². The van der Waals surface area contributed by atoms with E-state index in [4.69, 9.17) is 28.0 Å². The number of carbonyl (C=O) groups is 1. The van der Waals surface area contributed by atoms with Gasteiger partial charge in [-0.05, 0) is 55.3 Å². The molecule has 2 aliphatic heterocycles. The van der Waals surface area contributed by atoms with Crippen LogP contribution in [0.25, 0.3) is 0 Å². The number of halogens is 5. The van der Waals surface area contributed by atoms with Crippen LogP contribution in [-0.4, -0.2) is 55.4 Å². The van der Waals surface area contributed by atoms with Crippen molar-refractivity contribution < 1.29 is 31.2 Å². The minimum absolute atomic E-state index is 0.0121. The van der Waals surface area contributed by atoms with Gasteiger partial charge in [0.05, 0.1) is 17.5 Å². The number of alkyl halides is 3. The summed E-state index contributed by atoms with van der Waals surface area (Å²) in [5, 5.41) is 6.58. The first-order chi connectivity index (χ1) is 16.8. The third-order valence-corrected chi connectivity index (χ3v) is 8.51. The number of hydrogen-bond donors (Lipinski definition) is 1. The van der Waals surface area contributed by atoms with E-state index in [1.54, 1.807) is 19.9 Å². The first-order valence-corrected chi connectivity index (χ1v) is 13.3. The molecule has 13 heteroatoms. The van der Waals surface area contributed by atoms with Crippen molar-refractivity contribution in [3.05, 3.63) is 68.7 Å². The Morgan fingerprint density at radius 3 is 2.39 bits per heavy atom. The number of rotatable bonds is 6. The molecule has 1 saturated heterocycles. The van der Waals surface area contributed by atoms with E-state index in [9.17, 15) is 26.4 Å². The lowest BCUT2D eigenvalue weighted by Gasteiger charge is -2.38. The van der Waals surface area contributed by atoms with Gasteiger partial charge in [0.2, 0.25) is 10.0 Å². The molecule has 1 amide bonds. The lowest BCUT2D eigenvalue weighted by molar-refractivity contribution is -0.275. The maximum absolute atomic E-state index is 14.2. The highest BCUT2D eigenvalue weighted by Crippen LogP contribution is 2.49. The van der Waals surface area contributed by atoms with Gasteiger partial charge in [-0.2, -0.15) is 17.5 Å². The van der Waals surface area contributed by atoms with Gasteiger partial charge in [0.1, 0.15) is 0 Å². The summed E-state index contributed by atoms with van der Waals surface area (Å²) in [5.41, 5.74) is -1.77. The minimum Gasteiger partial charge on any atom is -0.374 e. The number of nitrogens with one attached hydrogen (secondary N) is 1. The lowest BCUT2D eigenvalue weighted by Crippen LogP contribution is -2.61. The molecule has 0 spiro atoms. The molecule has 194 valence electrons. The van der Waals surface area contributed by atoms with Crippen molar-refractivity contribution in [1.29, 1.82) is 0 Å². The summed E-state index contributed by atoms with van der Waals surface area (Å²) in [4.78, 5) is 17.7. The zero-order chi connectivity index (χ0) is 26.5. The fourth-order valence-electron chi connectivity index (χ4n) is 4.15. The minimum atomic E-state index is -4.82. The first kappa shape index (κ1) is 26.7. The fraction of sp³-hybridized carbons (Fsp3) is 0.391. The van der Waals surface area contributed by atoms with Gasteiger partial charge in [-0.1, -0.05) is 34.4 Å². The Hall–Kier alpha value is -2.34. The number of benzene rings is 2. The van der Waals surface area contributed by atoms with Gasteiger partial charge < -0.3 is 10.2 Å². The maximum Gasteiger partial charge on any atom is 0.435 e. The Morgan fingerprint density at radius 2 is 1.83 bits per heavy atom. The first-order valence-electron chi connectivity index (χ1n) is 10.9. The van der Waals surface area contributed by atoms with Gasteiger partial charge in [-0.15, -0.1) is 0 Å². The molecule has 1 atom stereocenters. The van der Waals surface area contributed by atoms with E-state index in [2.05, 4.69) is 10.5 Å². The molecular formula is C23H22Cl2F3N3O4S. The van der Waals surface area contributed by atoms with Gasteiger partial charge >= 0.3 is 6.18 Å². The monoisotopic (exact) mass is 563 g/mol. The molecule has 0 bridgehead atoms. The summed E-state index contributed by atoms with van der Waals surface area (Å²) in [6.45, 7) is 3.59. The van der Waals surface area contributed by atoms with Crippen LogP contribution in [0, 0.1) is 6.92 Å². The molecule has 1 fully saturated rings. The topological polar surface area (TPSA) is 88.1 Å². The molecule has 0 radical (unpaired) electrons. The highest BCUT2D eigenvalue weighted by molar-refractivity contribution is 7.89. The van der Waals surface area contributed by atoms with E-state index in [1.807, 2.05) is 0 Å². The zero-order valence-corrected chi connectivity index (χ0v) is 21.5. The second-order valence-corrected chi connectivity index (χ2v) is 11.8. The fourth-order valence-corrected chi connectivity index (χ4v) is 5.85. The van der Waals surface area contributed by atoms with E-state index >= 15 is 0 Å². The molecule has 2 heterocycles. The predicted octanol–water partition coefficient (Wildman–Crippen LogP) is 4.65. The van der Waals surface area contributed by atoms with Gasteiger partial charge in [-0.25, -0.2) is 8.42 Å². The van der Waals surface area contributed by atoms with Crippen molar-refractivity contribution >= 4 is 44.8 Å². The second-order valence-electron chi connectivity index (χ2n) is 8.71. The SMILES string of the molecule is CCS(=O)(=O)N1CC(NC(=O)c2ccc(C3=NOC(c4cc(Cl)cc(Cl)c4)(C(F)(F)F)C3)cc2C)C1. The molecule has 0 aromatic heterocycles. The van der Waals surface area contributed by atoms with Crippen molar-refractivity contribution in [1.82, 2.24) is 9.62 Å². The molecule has 1 unspecified atom stereocenters. The summed E-state index contributed by atoms with van der Waals surface area (Å²) >= 11 is 11.9. The van der Waals surface area contributed by atoms with Crippen LogP contribution in [0.15, 0.2) is 41.6 Å². The van der Waals surface area contributed by atoms with Gasteiger partial charge in [0, 0.05) is 40.7 Å². The molecule has 7 nitrogen and oxygen atoms in total. The van der Waals surface area contributed by atoms with E-state index in [0.717, 1.165) is 12.1 Å². The maximum atomic E-state index is 14.2. The average Bonchev–Trinajstić information content (AvgIpc) is 3.22. The summed E-state index contributed by atoms with van der Waals surface area (Å²) in [7, 11) is -3.30. The number of carbonyl (C=O) groups excluding carboxylic acids is 1. The summed E-state index contributed by atoms with van der Waals surface area (Å²) in [6, 6.07) is 7.84. The van der Waals surface area contributed by atoms with Crippen LogP contribution < -0.4 is 5.32 Å². The molecule has 1 N–H and O–H groups in total. The molecule has 2 aliphatic rings. The van der Waals surface area contributed by atoms with Crippen LogP contribution in [-0.2, 0) is 20.5 Å². The number of hydrogen-bond acceptors (Lipinski definition) is 5. The molecule has 0 saturated carbocycles. The third-order valence-electron chi connectivity index (χ3n) is 6.26. The number of oxime groups is 1. The van der Waals surface area contributed by atoms with Crippen LogP contribution in [0.1, 0.15) is 40.4 Å². The number of amides is 1. The molecular weight excluding hydrogens is 542 g/mol. The third kappa shape index (κ3) is 4.93. The second kappa shape index (κ2) is 9.51. The Morgan fingerprint density at radius 1 is 1.19 bits per heavy atom. The standard InChI is InChI=1S/C23H22Cl2F3N3O4S/c1-3-36(33,34)31-11-18(12-31)29-21(32)19-5-4-14(6-13(19)2)20-10-22(35-30-20,23(26,27)28)15-7-16(24)9-17(25)8-15/h4-9,18H,3,10-12H2,1-2H3,(H,29,32). The summed E-state index contributed by atoms with van der Waals surface area (Å²) in [6.07, 6.45) is -5.43. The van der Waals surface area contributed by atoms with Crippen LogP contribution in [0.2, 0.25) is 10.0 Å². The normalized spacial score (nSPS) is 21.0. The Balaban J connectivity index is 1.50. The summed E-state index contributed by atoms with van der Waals surface area (Å²) < 4.78 is 67.6. The molecule has 36 heavy (non-hydrogen) atoms.